The van der Waals surface area contributed by atoms with Gasteiger partial charge in [0.2, 0.25) is 5.91 Å². The van der Waals surface area contributed by atoms with E-state index in [1.165, 1.54) is 0 Å². The summed E-state index contributed by atoms with van der Waals surface area (Å²) < 4.78 is 0. The average Bonchev–Trinajstić information content (AvgIpc) is 3.43. The second-order valence-corrected chi connectivity index (χ2v) is 9.99. The Bertz CT molecular complexity index is 1590. The number of fused-ring (bicyclic) bond motifs is 1. The van der Waals surface area contributed by atoms with E-state index >= 15 is 0 Å². The summed E-state index contributed by atoms with van der Waals surface area (Å²) in [5, 5.41) is 17.9. The van der Waals surface area contributed by atoms with Crippen LogP contribution in [-0.2, 0) is 22.4 Å². The third kappa shape index (κ3) is 7.00. The molecule has 0 saturated carbocycles. The number of rotatable bonds is 9. The molecule has 4 aromatic rings. The summed E-state index contributed by atoms with van der Waals surface area (Å²) in [5.74, 6) is -1.64. The maximum Gasteiger partial charge on any atom is 0.326 e. The summed E-state index contributed by atoms with van der Waals surface area (Å²) in [4.78, 5) is 51.2. The van der Waals surface area contributed by atoms with Crippen LogP contribution in [0.1, 0.15) is 39.5 Å². The molecule has 9 heteroatoms. The number of carboxylic acids is 1. The van der Waals surface area contributed by atoms with Gasteiger partial charge in [-0.05, 0) is 65.6 Å². The average molecular weight is 563 g/mol. The molecule has 1 atom stereocenters. The van der Waals surface area contributed by atoms with E-state index in [2.05, 4.69) is 16.0 Å². The normalized spacial score (nSPS) is 12.6. The first-order valence-corrected chi connectivity index (χ1v) is 13.6. The fourth-order valence-electron chi connectivity index (χ4n) is 4.89. The highest BCUT2D eigenvalue weighted by Gasteiger charge is 2.24. The lowest BCUT2D eigenvalue weighted by atomic mass is 10.0. The van der Waals surface area contributed by atoms with Gasteiger partial charge in [0.25, 0.3) is 5.91 Å². The van der Waals surface area contributed by atoms with E-state index in [1.54, 1.807) is 83.8 Å². The van der Waals surface area contributed by atoms with Crippen LogP contribution in [0.15, 0.2) is 103 Å². The smallest absolute Gasteiger partial charge is 0.326 e. The van der Waals surface area contributed by atoms with E-state index < -0.39 is 12.0 Å². The molecule has 1 aliphatic rings. The Kier molecular flexibility index (Phi) is 8.58. The largest absolute Gasteiger partial charge is 0.481 e. The molecule has 4 N–H and O–H groups in total. The number of carbonyl (C=O) groups excluding carboxylic acids is 3. The Balaban J connectivity index is 1.15. The number of nitrogens with one attached hydrogen (secondary N) is 3. The van der Waals surface area contributed by atoms with Crippen LogP contribution in [0.2, 0.25) is 0 Å². The van der Waals surface area contributed by atoms with Gasteiger partial charge in [-0.25, -0.2) is 4.79 Å². The Morgan fingerprint density at radius 2 is 1.40 bits per heavy atom. The Morgan fingerprint density at radius 3 is 2.12 bits per heavy atom. The summed E-state index contributed by atoms with van der Waals surface area (Å²) in [7, 11) is 0. The molecule has 0 aromatic heterocycles. The summed E-state index contributed by atoms with van der Waals surface area (Å²) in [6.07, 6.45) is 0.671. The number of amides is 4. The van der Waals surface area contributed by atoms with E-state index in [4.69, 9.17) is 0 Å². The van der Waals surface area contributed by atoms with Crippen molar-refractivity contribution in [1.29, 1.82) is 0 Å². The lowest BCUT2D eigenvalue weighted by Gasteiger charge is -2.18. The van der Waals surface area contributed by atoms with Gasteiger partial charge in [-0.15, -0.1) is 0 Å². The predicted molar refractivity (Wildman–Crippen MR) is 161 cm³/mol. The lowest BCUT2D eigenvalue weighted by molar-refractivity contribution is -0.137. The number of anilines is 3. The molecule has 1 aliphatic heterocycles. The SMILES string of the molecule is O=C(O)C[C@@H](NC(=O)c1ccccc1)c1ccc(NC(=O)Cc2ccc(NC(=O)N3CCc4ccccc43)cc2)cc1. The van der Waals surface area contributed by atoms with E-state index in [-0.39, 0.29) is 30.7 Å². The quantitative estimate of drug-likeness (QED) is 0.217. The first kappa shape index (κ1) is 28.1. The Labute approximate surface area is 243 Å². The van der Waals surface area contributed by atoms with Gasteiger partial charge in [0.15, 0.2) is 0 Å². The second kappa shape index (κ2) is 12.8. The number of hydrogen-bond acceptors (Lipinski definition) is 4. The molecule has 42 heavy (non-hydrogen) atoms. The number of carbonyl (C=O) groups is 4. The van der Waals surface area contributed by atoms with Crippen molar-refractivity contribution in [2.75, 3.05) is 22.1 Å². The topological polar surface area (TPSA) is 128 Å². The Morgan fingerprint density at radius 1 is 0.762 bits per heavy atom. The van der Waals surface area contributed by atoms with Crippen LogP contribution in [0.25, 0.3) is 0 Å². The maximum absolute atomic E-state index is 12.8. The molecule has 0 fully saturated rings. The van der Waals surface area contributed by atoms with Crippen molar-refractivity contribution in [2.24, 2.45) is 0 Å². The van der Waals surface area contributed by atoms with Crippen molar-refractivity contribution in [3.8, 4) is 0 Å². The van der Waals surface area contributed by atoms with Crippen LogP contribution in [0, 0.1) is 0 Å². The van der Waals surface area contributed by atoms with Crippen molar-refractivity contribution in [3.05, 3.63) is 125 Å². The number of urea groups is 1. The molecule has 1 heterocycles. The van der Waals surface area contributed by atoms with Crippen LogP contribution in [0.5, 0.6) is 0 Å². The molecule has 9 nitrogen and oxygen atoms in total. The molecule has 0 unspecified atom stereocenters. The molecule has 0 bridgehead atoms. The van der Waals surface area contributed by atoms with Crippen LogP contribution in [-0.4, -0.2) is 35.5 Å². The monoisotopic (exact) mass is 562 g/mol. The van der Waals surface area contributed by atoms with Crippen molar-refractivity contribution in [1.82, 2.24) is 5.32 Å². The van der Waals surface area contributed by atoms with Crippen molar-refractivity contribution < 1.29 is 24.3 Å². The third-order valence-electron chi connectivity index (χ3n) is 7.02. The zero-order valence-corrected chi connectivity index (χ0v) is 22.7. The molecule has 0 spiro atoms. The van der Waals surface area contributed by atoms with E-state index in [0.29, 0.717) is 29.0 Å². The highest BCUT2D eigenvalue weighted by atomic mass is 16.4. The molecule has 0 radical (unpaired) electrons. The van der Waals surface area contributed by atoms with Gasteiger partial charge >= 0.3 is 12.0 Å². The van der Waals surface area contributed by atoms with E-state index in [1.807, 2.05) is 24.3 Å². The summed E-state index contributed by atoms with van der Waals surface area (Å²) in [5.41, 5.74) is 5.07. The molecular weight excluding hydrogens is 532 g/mol. The van der Waals surface area contributed by atoms with E-state index in [0.717, 1.165) is 23.2 Å². The fraction of sp³-hybridized carbons (Fsp3) is 0.152. The molecule has 0 aliphatic carbocycles. The zero-order valence-electron chi connectivity index (χ0n) is 22.7. The minimum absolute atomic E-state index is 0.129. The van der Waals surface area contributed by atoms with Gasteiger partial charge in [-0.3, -0.25) is 19.3 Å². The highest BCUT2D eigenvalue weighted by Crippen LogP contribution is 2.28. The molecule has 0 saturated heterocycles. The number of nitrogens with zero attached hydrogens (tertiary/aromatic N) is 1. The van der Waals surface area contributed by atoms with Gasteiger partial charge in [-0.2, -0.15) is 0 Å². The maximum atomic E-state index is 12.8. The third-order valence-corrected chi connectivity index (χ3v) is 7.02. The highest BCUT2D eigenvalue weighted by molar-refractivity contribution is 6.03. The summed E-state index contributed by atoms with van der Waals surface area (Å²) >= 11 is 0. The van der Waals surface area contributed by atoms with Crippen molar-refractivity contribution >= 4 is 40.9 Å². The van der Waals surface area contributed by atoms with Crippen LogP contribution in [0.3, 0.4) is 0 Å². The predicted octanol–water partition coefficient (Wildman–Crippen LogP) is 5.41. The van der Waals surface area contributed by atoms with Crippen LogP contribution < -0.4 is 20.9 Å². The lowest BCUT2D eigenvalue weighted by Crippen LogP contribution is -2.33. The number of para-hydroxylation sites is 1. The van der Waals surface area contributed by atoms with Crippen molar-refractivity contribution in [3.63, 3.8) is 0 Å². The van der Waals surface area contributed by atoms with Gasteiger partial charge in [0, 0.05) is 29.2 Å². The minimum Gasteiger partial charge on any atom is -0.481 e. The summed E-state index contributed by atoms with van der Waals surface area (Å²) in [6.45, 7) is 0.632. The second-order valence-electron chi connectivity index (χ2n) is 9.99. The number of hydrogen-bond donors (Lipinski definition) is 4. The minimum atomic E-state index is -1.04. The van der Waals surface area contributed by atoms with Crippen LogP contribution >= 0.6 is 0 Å². The fourth-order valence-corrected chi connectivity index (χ4v) is 4.89. The number of benzene rings is 4. The summed E-state index contributed by atoms with van der Waals surface area (Å²) in [6, 6.07) is 29.3. The van der Waals surface area contributed by atoms with Gasteiger partial charge in [-0.1, -0.05) is 60.7 Å². The van der Waals surface area contributed by atoms with Gasteiger partial charge < -0.3 is 21.1 Å². The zero-order chi connectivity index (χ0) is 29.5. The molecule has 4 aromatic carbocycles. The molecule has 4 amide bonds. The number of aliphatic carboxylic acids is 1. The van der Waals surface area contributed by atoms with E-state index in [9.17, 15) is 24.3 Å². The standard InChI is InChI=1S/C33H30N4O5/c38-30(20-22-10-14-27(15-11-22)35-33(42)37-19-18-24-6-4-5-9-29(24)37)34-26-16-12-23(13-17-26)28(21-31(39)40)36-32(41)25-7-2-1-3-8-25/h1-17,28H,18-21H2,(H,34,38)(H,35,42)(H,36,41)(H,39,40)/t28-/m1/s1. The van der Waals surface area contributed by atoms with Gasteiger partial charge in [0.05, 0.1) is 18.9 Å². The molecule has 212 valence electrons. The molecule has 5 rings (SSSR count). The molecular formula is C33H30N4O5. The first-order chi connectivity index (χ1) is 20.4. The number of carboxylic acid groups (broad SMARTS) is 1. The first-order valence-electron chi connectivity index (χ1n) is 13.6. The van der Waals surface area contributed by atoms with Gasteiger partial charge in [0.1, 0.15) is 0 Å². The van der Waals surface area contributed by atoms with Crippen molar-refractivity contribution in [2.45, 2.75) is 25.3 Å². The van der Waals surface area contributed by atoms with Crippen LogP contribution in [0.4, 0.5) is 21.9 Å². The Hall–Kier alpha value is -5.44.